The molecule has 0 aliphatic heterocycles. The molecule has 1 fully saturated rings. The van der Waals surface area contributed by atoms with Gasteiger partial charge in [-0.1, -0.05) is 18.2 Å². The Kier molecular flexibility index (Phi) is 1.72. The molecule has 2 nitrogen and oxygen atoms in total. The third kappa shape index (κ3) is 1.29. The average molecular weight is 200 g/mol. The molecule has 1 aromatic carbocycles. The zero-order chi connectivity index (χ0) is 10.4. The van der Waals surface area contributed by atoms with Gasteiger partial charge in [-0.2, -0.15) is 0 Å². The second kappa shape index (κ2) is 2.96. The standard InChI is InChI=1S/C13H12O2/c1-8(14)10-6-11(10)12-7-15-13-5-3-2-4-9(12)13/h2-5,7,10-11H,6H2,1H3. The molecule has 2 unspecified atom stereocenters. The first-order valence-corrected chi connectivity index (χ1v) is 5.24. The summed E-state index contributed by atoms with van der Waals surface area (Å²) in [7, 11) is 0. The molecule has 1 aromatic heterocycles. The van der Waals surface area contributed by atoms with Gasteiger partial charge in [0.15, 0.2) is 0 Å². The molecular formula is C13H12O2. The molecule has 0 N–H and O–H groups in total. The minimum Gasteiger partial charge on any atom is -0.464 e. The first kappa shape index (κ1) is 8.72. The minimum absolute atomic E-state index is 0.228. The Morgan fingerprint density at radius 1 is 1.40 bits per heavy atom. The SMILES string of the molecule is CC(=O)C1CC1c1coc2ccccc12. The molecule has 0 radical (unpaired) electrons. The van der Waals surface area contributed by atoms with Crippen LogP contribution in [0.2, 0.25) is 0 Å². The number of carbonyl (C=O) groups is 1. The van der Waals surface area contributed by atoms with Gasteiger partial charge in [0.1, 0.15) is 11.4 Å². The molecule has 76 valence electrons. The summed E-state index contributed by atoms with van der Waals surface area (Å²) in [6.07, 6.45) is 2.79. The molecule has 1 aliphatic carbocycles. The molecule has 0 saturated heterocycles. The van der Waals surface area contributed by atoms with Crippen LogP contribution in [0, 0.1) is 5.92 Å². The van der Waals surface area contributed by atoms with E-state index in [2.05, 4.69) is 6.07 Å². The van der Waals surface area contributed by atoms with Gasteiger partial charge in [0.2, 0.25) is 0 Å². The molecule has 2 atom stereocenters. The van der Waals surface area contributed by atoms with Crippen molar-refractivity contribution in [1.29, 1.82) is 0 Å². The molecule has 15 heavy (non-hydrogen) atoms. The van der Waals surface area contributed by atoms with Crippen LogP contribution in [0.4, 0.5) is 0 Å². The number of hydrogen-bond donors (Lipinski definition) is 0. The van der Waals surface area contributed by atoms with Crippen LogP contribution in [0.25, 0.3) is 11.0 Å². The monoisotopic (exact) mass is 200 g/mol. The number of hydrogen-bond acceptors (Lipinski definition) is 2. The van der Waals surface area contributed by atoms with Gasteiger partial charge in [0.05, 0.1) is 6.26 Å². The number of Topliss-reactive ketones (excluding diaryl/α,β-unsaturated/α-hetero) is 1. The number of furan rings is 1. The quantitative estimate of drug-likeness (QED) is 0.745. The van der Waals surface area contributed by atoms with Gasteiger partial charge in [-0.25, -0.2) is 0 Å². The molecule has 2 aromatic rings. The number of fused-ring (bicyclic) bond motifs is 1. The third-order valence-electron chi connectivity index (χ3n) is 3.22. The second-order valence-electron chi connectivity index (χ2n) is 4.25. The van der Waals surface area contributed by atoms with Crippen molar-refractivity contribution < 1.29 is 9.21 Å². The summed E-state index contributed by atoms with van der Waals surface area (Å²) in [5.41, 5.74) is 2.12. The lowest BCUT2D eigenvalue weighted by Crippen LogP contribution is -1.93. The van der Waals surface area contributed by atoms with Crippen molar-refractivity contribution in [3.63, 3.8) is 0 Å². The van der Waals surface area contributed by atoms with Crippen molar-refractivity contribution in [3.8, 4) is 0 Å². The van der Waals surface area contributed by atoms with Gasteiger partial charge in [0, 0.05) is 16.9 Å². The fourth-order valence-corrected chi connectivity index (χ4v) is 2.27. The molecule has 1 heterocycles. The zero-order valence-electron chi connectivity index (χ0n) is 8.57. The summed E-state index contributed by atoms with van der Waals surface area (Å²) in [5, 5.41) is 1.16. The fourth-order valence-electron chi connectivity index (χ4n) is 2.27. The van der Waals surface area contributed by atoms with E-state index in [1.165, 1.54) is 5.56 Å². The Balaban J connectivity index is 2.03. The van der Waals surface area contributed by atoms with Crippen molar-refractivity contribution in [1.82, 2.24) is 0 Å². The second-order valence-corrected chi connectivity index (χ2v) is 4.25. The predicted molar refractivity (Wildman–Crippen MR) is 57.7 cm³/mol. The van der Waals surface area contributed by atoms with E-state index in [9.17, 15) is 4.79 Å². The third-order valence-corrected chi connectivity index (χ3v) is 3.22. The van der Waals surface area contributed by atoms with E-state index in [4.69, 9.17) is 4.42 Å². The molecule has 2 heteroatoms. The largest absolute Gasteiger partial charge is 0.464 e. The lowest BCUT2D eigenvalue weighted by Gasteiger charge is -1.93. The summed E-state index contributed by atoms with van der Waals surface area (Å²) in [6, 6.07) is 7.99. The molecule has 3 rings (SSSR count). The number of carbonyl (C=O) groups excluding carboxylic acids is 1. The van der Waals surface area contributed by atoms with Crippen molar-refractivity contribution in [2.24, 2.45) is 5.92 Å². The Hall–Kier alpha value is -1.57. The van der Waals surface area contributed by atoms with E-state index in [0.29, 0.717) is 11.7 Å². The molecule has 0 bridgehead atoms. The number of para-hydroxylation sites is 1. The molecule has 1 aliphatic rings. The van der Waals surface area contributed by atoms with Crippen molar-refractivity contribution in [2.45, 2.75) is 19.3 Å². The highest BCUT2D eigenvalue weighted by Crippen LogP contribution is 2.50. The van der Waals surface area contributed by atoms with Crippen LogP contribution < -0.4 is 0 Å². The minimum atomic E-state index is 0.228. The van der Waals surface area contributed by atoms with Crippen molar-refractivity contribution >= 4 is 16.8 Å². The van der Waals surface area contributed by atoms with Crippen LogP contribution in [0.15, 0.2) is 34.9 Å². The first-order valence-electron chi connectivity index (χ1n) is 5.24. The smallest absolute Gasteiger partial charge is 0.134 e. The number of rotatable bonds is 2. The highest BCUT2D eigenvalue weighted by Gasteiger charge is 2.43. The maximum Gasteiger partial charge on any atom is 0.134 e. The molecular weight excluding hydrogens is 188 g/mol. The summed E-state index contributed by atoms with van der Waals surface area (Å²) in [4.78, 5) is 11.2. The molecule has 0 spiro atoms. The lowest BCUT2D eigenvalue weighted by atomic mass is 10.1. The lowest BCUT2D eigenvalue weighted by molar-refractivity contribution is -0.118. The van der Waals surface area contributed by atoms with Gasteiger partial charge < -0.3 is 4.42 Å². The van der Waals surface area contributed by atoms with E-state index in [1.807, 2.05) is 18.2 Å². The molecule has 1 saturated carbocycles. The maximum atomic E-state index is 11.2. The van der Waals surface area contributed by atoms with Crippen LogP contribution in [-0.4, -0.2) is 5.78 Å². The van der Waals surface area contributed by atoms with Gasteiger partial charge in [-0.05, 0) is 25.3 Å². The Morgan fingerprint density at radius 3 is 2.93 bits per heavy atom. The maximum absolute atomic E-state index is 11.2. The van der Waals surface area contributed by atoms with Crippen molar-refractivity contribution in [2.75, 3.05) is 0 Å². The Labute approximate surface area is 87.9 Å². The zero-order valence-corrected chi connectivity index (χ0v) is 8.57. The van der Waals surface area contributed by atoms with E-state index in [0.717, 1.165) is 17.4 Å². The topological polar surface area (TPSA) is 30.2 Å². The highest BCUT2D eigenvalue weighted by atomic mass is 16.3. The van der Waals surface area contributed by atoms with Crippen LogP contribution >= 0.6 is 0 Å². The average Bonchev–Trinajstić information content (AvgIpc) is 2.92. The highest BCUT2D eigenvalue weighted by molar-refractivity contribution is 5.87. The summed E-state index contributed by atoms with van der Waals surface area (Å²) in [5.74, 6) is 0.919. The number of benzene rings is 1. The predicted octanol–water partition coefficient (Wildman–Crippen LogP) is 3.13. The van der Waals surface area contributed by atoms with Gasteiger partial charge in [-0.15, -0.1) is 0 Å². The fraction of sp³-hybridized carbons (Fsp3) is 0.308. The van der Waals surface area contributed by atoms with E-state index < -0.39 is 0 Å². The van der Waals surface area contributed by atoms with Crippen LogP contribution in [0.5, 0.6) is 0 Å². The van der Waals surface area contributed by atoms with Crippen LogP contribution in [-0.2, 0) is 4.79 Å². The molecule has 0 amide bonds. The number of ketones is 1. The van der Waals surface area contributed by atoms with Crippen LogP contribution in [0.3, 0.4) is 0 Å². The van der Waals surface area contributed by atoms with Gasteiger partial charge >= 0.3 is 0 Å². The summed E-state index contributed by atoms with van der Waals surface area (Å²) in [6.45, 7) is 1.67. The Morgan fingerprint density at radius 2 is 2.20 bits per heavy atom. The normalized spacial score (nSPS) is 24.3. The summed E-state index contributed by atoms with van der Waals surface area (Å²) < 4.78 is 5.47. The van der Waals surface area contributed by atoms with Crippen molar-refractivity contribution in [3.05, 3.63) is 36.1 Å². The van der Waals surface area contributed by atoms with E-state index in [1.54, 1.807) is 13.2 Å². The first-order chi connectivity index (χ1) is 7.27. The summed E-state index contributed by atoms with van der Waals surface area (Å²) >= 11 is 0. The van der Waals surface area contributed by atoms with E-state index >= 15 is 0 Å². The van der Waals surface area contributed by atoms with E-state index in [-0.39, 0.29) is 5.92 Å². The van der Waals surface area contributed by atoms with Crippen LogP contribution in [0.1, 0.15) is 24.8 Å². The Bertz CT molecular complexity index is 524. The van der Waals surface area contributed by atoms with Gasteiger partial charge in [-0.3, -0.25) is 4.79 Å². The van der Waals surface area contributed by atoms with Gasteiger partial charge in [0.25, 0.3) is 0 Å².